The molecular weight excluding hydrogens is 560 g/mol. The van der Waals surface area contributed by atoms with Crippen LogP contribution >= 0.6 is 12.4 Å². The molecular formula is C36H61ClN2O4. The Morgan fingerprint density at radius 2 is 1.37 bits per heavy atom. The Hall–Kier alpha value is -1.67. The van der Waals surface area contributed by atoms with Crippen LogP contribution in [0.25, 0.3) is 0 Å². The van der Waals surface area contributed by atoms with Crippen molar-refractivity contribution in [3.8, 4) is 5.75 Å². The van der Waals surface area contributed by atoms with E-state index in [2.05, 4.69) is 62.3 Å². The van der Waals surface area contributed by atoms with Gasteiger partial charge < -0.3 is 30.7 Å². The van der Waals surface area contributed by atoms with E-state index in [9.17, 15) is 15.3 Å². The molecule has 246 valence electrons. The molecule has 1 aliphatic rings. The van der Waals surface area contributed by atoms with Crippen LogP contribution in [-0.2, 0) is 12.8 Å². The minimum absolute atomic E-state index is 0. The monoisotopic (exact) mass is 620 g/mol. The van der Waals surface area contributed by atoms with Gasteiger partial charge in [-0.15, -0.1) is 12.4 Å². The van der Waals surface area contributed by atoms with Crippen molar-refractivity contribution in [2.45, 2.75) is 114 Å². The van der Waals surface area contributed by atoms with Crippen LogP contribution in [0, 0.1) is 0 Å². The highest BCUT2D eigenvalue weighted by Gasteiger charge is 2.38. The lowest BCUT2D eigenvalue weighted by atomic mass is 9.72. The highest BCUT2D eigenvalue weighted by atomic mass is 35.5. The Bertz CT molecular complexity index is 958. The maximum absolute atomic E-state index is 11.1. The van der Waals surface area contributed by atoms with E-state index in [1.807, 2.05) is 12.1 Å². The second-order valence-electron chi connectivity index (χ2n) is 12.8. The lowest BCUT2D eigenvalue weighted by Crippen LogP contribution is -2.47. The molecule has 0 aromatic heterocycles. The third kappa shape index (κ3) is 14.3. The van der Waals surface area contributed by atoms with Gasteiger partial charge in [-0.25, -0.2) is 0 Å². The summed E-state index contributed by atoms with van der Waals surface area (Å²) in [6.07, 6.45) is 15.9. The Morgan fingerprint density at radius 3 is 1.88 bits per heavy atom. The molecule has 2 aromatic rings. The number of unbranched alkanes of at least 4 members (excludes halogenated alkanes) is 5. The number of nitrogens with two attached hydrogens (primary N) is 1. The fourth-order valence-electron chi connectivity index (χ4n) is 5.88. The summed E-state index contributed by atoms with van der Waals surface area (Å²) in [5, 5.41) is 29.5. The zero-order valence-electron chi connectivity index (χ0n) is 27.4. The van der Waals surface area contributed by atoms with Gasteiger partial charge in [0.25, 0.3) is 0 Å². The van der Waals surface area contributed by atoms with E-state index >= 15 is 0 Å². The number of methoxy groups -OCH3 is 1. The van der Waals surface area contributed by atoms with E-state index in [0.29, 0.717) is 6.42 Å². The molecule has 43 heavy (non-hydrogen) atoms. The highest BCUT2D eigenvalue weighted by Crippen LogP contribution is 2.40. The van der Waals surface area contributed by atoms with Crippen LogP contribution in [-0.4, -0.2) is 72.3 Å². The van der Waals surface area contributed by atoms with Gasteiger partial charge in [0.05, 0.1) is 31.5 Å². The number of hydrogen-bond donors (Lipinski definition) is 4. The number of hydrogen-bond acceptors (Lipinski definition) is 6. The fraction of sp³-hybridized carbons (Fsp3) is 0.667. The molecule has 0 spiro atoms. The summed E-state index contributed by atoms with van der Waals surface area (Å²) in [4.78, 5) is 2.17. The fourth-order valence-corrected chi connectivity index (χ4v) is 5.88. The first-order chi connectivity index (χ1) is 20.2. The predicted molar refractivity (Wildman–Crippen MR) is 183 cm³/mol. The number of aliphatic hydroxyl groups is 3. The van der Waals surface area contributed by atoms with Crippen molar-refractivity contribution in [1.29, 1.82) is 0 Å². The maximum Gasteiger partial charge on any atom is 0.118 e. The number of rotatable bonds is 17. The Labute approximate surface area is 268 Å². The van der Waals surface area contributed by atoms with Gasteiger partial charge in [0.1, 0.15) is 5.75 Å². The molecule has 7 heteroatoms. The second kappa shape index (κ2) is 21.1. The summed E-state index contributed by atoms with van der Waals surface area (Å²) >= 11 is 0. The molecule has 2 aromatic carbocycles. The van der Waals surface area contributed by atoms with Crippen LogP contribution in [0.3, 0.4) is 0 Å². The first kappa shape index (κ1) is 39.4. The third-order valence-corrected chi connectivity index (χ3v) is 8.82. The summed E-state index contributed by atoms with van der Waals surface area (Å²) in [6.45, 7) is 2.76. The molecule has 0 radical (unpaired) electrons. The van der Waals surface area contributed by atoms with Gasteiger partial charge in [0, 0.05) is 12.5 Å². The molecule has 6 nitrogen and oxygen atoms in total. The van der Waals surface area contributed by atoms with Crippen molar-refractivity contribution in [3.05, 3.63) is 65.2 Å². The number of likely N-dealkylation sites (N-methyl/N-ethyl adjacent to an activating group) is 1. The molecule has 0 aliphatic heterocycles. The van der Waals surface area contributed by atoms with Gasteiger partial charge in [-0.1, -0.05) is 94.7 Å². The molecule has 1 atom stereocenters. The first-order valence-corrected chi connectivity index (χ1v) is 16.3. The molecule has 1 aliphatic carbocycles. The van der Waals surface area contributed by atoms with Gasteiger partial charge in [-0.2, -0.15) is 0 Å². The SMILES string of the molecule is CCCCCCCCc1ccc(CCC(N)(CO)CO)cc1.COc1ccc(C(CN(C)C)C2(O)CCCCC2)cc1.Cl. The minimum atomic E-state index is -0.864. The smallest absolute Gasteiger partial charge is 0.118 e. The lowest BCUT2D eigenvalue weighted by molar-refractivity contribution is -0.0277. The summed E-state index contributed by atoms with van der Waals surface area (Å²) in [7, 11) is 5.83. The van der Waals surface area contributed by atoms with Crippen LogP contribution in [0.4, 0.5) is 0 Å². The van der Waals surface area contributed by atoms with Gasteiger partial charge in [-0.3, -0.25) is 0 Å². The van der Waals surface area contributed by atoms with Crippen LogP contribution in [0.5, 0.6) is 5.75 Å². The third-order valence-electron chi connectivity index (χ3n) is 8.82. The van der Waals surface area contributed by atoms with Crippen LogP contribution in [0.15, 0.2) is 48.5 Å². The second-order valence-corrected chi connectivity index (χ2v) is 12.8. The molecule has 1 saturated carbocycles. The number of halogens is 1. The Balaban J connectivity index is 0.000000422. The van der Waals surface area contributed by atoms with Crippen molar-refractivity contribution in [2.24, 2.45) is 5.73 Å². The van der Waals surface area contributed by atoms with Crippen molar-refractivity contribution in [1.82, 2.24) is 4.90 Å². The molecule has 5 N–H and O–H groups in total. The van der Waals surface area contributed by atoms with E-state index in [1.54, 1.807) is 7.11 Å². The van der Waals surface area contributed by atoms with E-state index in [0.717, 1.165) is 50.8 Å². The molecule has 1 unspecified atom stereocenters. The average Bonchev–Trinajstić information content (AvgIpc) is 3.01. The van der Waals surface area contributed by atoms with E-state index in [1.165, 1.54) is 61.6 Å². The number of aryl methyl sites for hydroxylation is 2. The van der Waals surface area contributed by atoms with Crippen LogP contribution in [0.2, 0.25) is 0 Å². The largest absolute Gasteiger partial charge is 0.497 e. The van der Waals surface area contributed by atoms with E-state index < -0.39 is 11.1 Å². The molecule has 0 bridgehead atoms. The number of benzene rings is 2. The van der Waals surface area contributed by atoms with Gasteiger partial charge >= 0.3 is 0 Å². The van der Waals surface area contributed by atoms with E-state index in [-0.39, 0.29) is 31.5 Å². The number of ether oxygens (including phenoxy) is 1. The van der Waals surface area contributed by atoms with Crippen molar-refractivity contribution >= 4 is 12.4 Å². The lowest BCUT2D eigenvalue weighted by Gasteiger charge is -2.40. The molecule has 3 rings (SSSR count). The van der Waals surface area contributed by atoms with Crippen molar-refractivity contribution in [2.75, 3.05) is 41.0 Å². The number of nitrogens with zero attached hydrogens (tertiary/aromatic N) is 1. The van der Waals surface area contributed by atoms with Gasteiger partial charge in [0.2, 0.25) is 0 Å². The maximum atomic E-state index is 11.1. The molecule has 1 fully saturated rings. The zero-order valence-corrected chi connectivity index (χ0v) is 28.2. The summed E-state index contributed by atoms with van der Waals surface area (Å²) in [5.74, 6) is 1.04. The zero-order chi connectivity index (χ0) is 30.8. The molecule has 0 saturated heterocycles. The summed E-state index contributed by atoms with van der Waals surface area (Å²) in [6, 6.07) is 16.8. The highest BCUT2D eigenvalue weighted by molar-refractivity contribution is 5.85. The first-order valence-electron chi connectivity index (χ1n) is 16.3. The standard InChI is InChI=1S/C19H33NO2.C17H27NO2.ClH/c1-2-3-4-5-6-7-8-17-9-11-18(12-10-17)13-14-19(20,15-21)16-22;1-18(2)13-16(17(19)11-5-4-6-12-17)14-7-9-15(20-3)10-8-14;/h9-12,21-22H,2-8,13-16,20H2,1H3;7-10,16,19H,4-6,11-13H2,1-3H3;1H. The van der Waals surface area contributed by atoms with Crippen molar-refractivity contribution in [3.63, 3.8) is 0 Å². The van der Waals surface area contributed by atoms with Gasteiger partial charge in [-0.05, 0) is 81.4 Å². The van der Waals surface area contributed by atoms with E-state index in [4.69, 9.17) is 10.5 Å². The van der Waals surface area contributed by atoms with Crippen LogP contribution < -0.4 is 10.5 Å². The molecule has 0 heterocycles. The van der Waals surface area contributed by atoms with Crippen LogP contribution in [0.1, 0.15) is 107 Å². The summed E-state index contributed by atoms with van der Waals surface area (Å²) in [5.41, 5.74) is 8.28. The molecule has 0 amide bonds. The normalized spacial score (nSPS) is 15.3. The quantitative estimate of drug-likeness (QED) is 0.148. The predicted octanol–water partition coefficient (Wildman–Crippen LogP) is 6.66. The minimum Gasteiger partial charge on any atom is -0.497 e. The average molecular weight is 621 g/mol. The van der Waals surface area contributed by atoms with Crippen molar-refractivity contribution < 1.29 is 20.1 Å². The Kier molecular flexibility index (Phi) is 19.3. The summed E-state index contributed by atoms with van der Waals surface area (Å²) < 4.78 is 5.23. The van der Waals surface area contributed by atoms with Gasteiger partial charge in [0.15, 0.2) is 0 Å². The Morgan fingerprint density at radius 1 is 0.837 bits per heavy atom. The topological polar surface area (TPSA) is 99.2 Å². The number of aliphatic hydroxyl groups excluding tert-OH is 2.